The van der Waals surface area contributed by atoms with Crippen molar-refractivity contribution in [1.82, 2.24) is 0 Å². The number of hydrogen-bond donors (Lipinski definition) is 0. The molecule has 0 saturated heterocycles. The third-order valence-electron chi connectivity index (χ3n) is 39.9. The van der Waals surface area contributed by atoms with E-state index in [1.807, 2.05) is 0 Å². The van der Waals surface area contributed by atoms with Gasteiger partial charge in [0.25, 0.3) is 0 Å². The predicted molar refractivity (Wildman–Crippen MR) is 622 cm³/mol. The van der Waals surface area contributed by atoms with Crippen molar-refractivity contribution in [3.63, 3.8) is 0 Å². The molecule has 3 unspecified atom stereocenters. The number of furan rings is 2. The molecule has 27 rings (SSSR count). The first-order chi connectivity index (χ1) is 69.5. The summed E-state index contributed by atoms with van der Waals surface area (Å²) >= 11 is 0. The van der Waals surface area contributed by atoms with Gasteiger partial charge in [-0.2, -0.15) is 0 Å². The predicted octanol–water partition coefficient (Wildman–Crippen LogP) is 34.0. The van der Waals surface area contributed by atoms with Crippen molar-refractivity contribution in [3.05, 3.63) is 340 Å². The molecule has 1 saturated carbocycles. The summed E-state index contributed by atoms with van der Waals surface area (Å²) in [7, 11) is 0. The van der Waals surface area contributed by atoms with Gasteiger partial charge in [-0.25, -0.2) is 0 Å². The average Bonchev–Trinajstić information content (AvgIpc) is 1.55. The van der Waals surface area contributed by atoms with Crippen molar-refractivity contribution in [1.29, 1.82) is 0 Å². The van der Waals surface area contributed by atoms with Crippen LogP contribution in [0.15, 0.2) is 288 Å². The van der Waals surface area contributed by atoms with Crippen molar-refractivity contribution >= 4 is 153 Å². The summed E-state index contributed by atoms with van der Waals surface area (Å²) in [6.45, 7) is 55.0. The van der Waals surface area contributed by atoms with Gasteiger partial charge in [-0.3, -0.25) is 0 Å². The van der Waals surface area contributed by atoms with E-state index in [1.54, 1.807) is 0 Å². The highest BCUT2D eigenvalue weighted by molar-refractivity contribution is 7.02. The molecule has 7 heterocycles. The zero-order valence-corrected chi connectivity index (χ0v) is 90.2. The summed E-state index contributed by atoms with van der Waals surface area (Å²) < 4.78 is 13.6. The van der Waals surface area contributed by atoms with Gasteiger partial charge in [-0.15, -0.1) is 0 Å². The Balaban J connectivity index is 0.598. The molecular weight excluding hydrogens is 1770 g/mol. The lowest BCUT2D eigenvalue weighted by molar-refractivity contribution is 0.195. The Morgan fingerprint density at radius 2 is 0.712 bits per heavy atom. The van der Waals surface area contributed by atoms with Gasteiger partial charge in [-0.1, -0.05) is 309 Å². The number of hydrogen-bond acceptors (Lipinski definition) is 6. The molecule has 2 aromatic heterocycles. The minimum atomic E-state index is -0.205. The van der Waals surface area contributed by atoms with Crippen LogP contribution >= 0.6 is 0 Å². The van der Waals surface area contributed by atoms with E-state index in [2.05, 4.69) is 451 Å². The average molecular weight is 1910 g/mol. The second-order valence-corrected chi connectivity index (χ2v) is 53.4. The smallest absolute Gasteiger partial charge is 0.248 e. The van der Waals surface area contributed by atoms with E-state index in [0.29, 0.717) is 0 Å². The van der Waals surface area contributed by atoms with Gasteiger partial charge >= 0.3 is 0 Å². The Bertz CT molecular complexity index is 8460. The molecule has 5 aliphatic carbocycles. The van der Waals surface area contributed by atoms with Crippen LogP contribution in [0.4, 0.5) is 62.6 Å². The van der Waals surface area contributed by atoms with E-state index in [-0.39, 0.29) is 78.5 Å². The maximum Gasteiger partial charge on any atom is 0.248 e. The Morgan fingerprint density at radius 1 is 0.295 bits per heavy atom. The molecule has 17 aromatic rings. The van der Waals surface area contributed by atoms with Crippen LogP contribution in [0.3, 0.4) is 0 Å². The molecule has 146 heavy (non-hydrogen) atoms. The zero-order valence-electron chi connectivity index (χ0n) is 90.2. The van der Waals surface area contributed by atoms with Crippen molar-refractivity contribution in [3.8, 4) is 44.5 Å². The number of nitrogens with zero attached hydrogens (tertiary/aromatic N) is 4. The number of benzene rings is 15. The van der Waals surface area contributed by atoms with Crippen LogP contribution in [0.5, 0.6) is 0 Å². The summed E-state index contributed by atoms with van der Waals surface area (Å²) in [6.07, 6.45) is 15.9. The van der Waals surface area contributed by atoms with Crippen molar-refractivity contribution < 1.29 is 8.83 Å². The van der Waals surface area contributed by atoms with E-state index in [1.165, 1.54) is 209 Å². The molecule has 6 nitrogen and oxygen atoms in total. The molecule has 0 radical (unpaired) electrons. The SMILES string of the molecule is CC(C)(C)c1ccc(N(c2ccc(C(C)(C)CCC3(C)CCC(C)(C)c4cc5c(cc43)N(c3ccc4c(c3)C(C)(C)CCC4(C)C)c3cc(-c4cccc6oc7ccccc7c46)cc4c3B5c3cc(N5c6ccccc6C6(C)CCCCC56C)ccc3-4)cc2)c2ccc3c(c2)B2c4cc5c(cc4N(c4ccc6c(c4)C(C)(C)CCC6(C)C)c4cc(-c6cccc7oc8ccccc8c67)cc-3c42)C(C)(C)CCC5(C)C)cc1. The van der Waals surface area contributed by atoms with E-state index >= 15 is 0 Å². The van der Waals surface area contributed by atoms with Gasteiger partial charge < -0.3 is 28.4 Å². The minimum Gasteiger partial charge on any atom is -0.456 e. The quantitative estimate of drug-likeness (QED) is 0.114. The fourth-order valence-corrected chi connectivity index (χ4v) is 30.3. The van der Waals surface area contributed by atoms with Gasteiger partial charge in [0.05, 0.1) is 5.54 Å². The molecule has 1 fully saturated rings. The number of anilines is 11. The maximum absolute atomic E-state index is 6.81. The molecule has 5 aliphatic heterocycles. The number of fused-ring (bicyclic) bond motifs is 23. The first kappa shape index (κ1) is 91.9. The topological polar surface area (TPSA) is 39.2 Å². The minimum absolute atomic E-state index is 0.00183. The lowest BCUT2D eigenvalue weighted by Crippen LogP contribution is -2.56. The molecule has 0 amide bonds. The van der Waals surface area contributed by atoms with Crippen molar-refractivity contribution in [2.24, 2.45) is 0 Å². The third-order valence-corrected chi connectivity index (χ3v) is 39.9. The zero-order chi connectivity index (χ0) is 101. The highest BCUT2D eigenvalue weighted by Gasteiger charge is 2.59. The van der Waals surface area contributed by atoms with Gasteiger partial charge in [0, 0.05) is 89.5 Å². The molecule has 15 aromatic carbocycles. The van der Waals surface area contributed by atoms with Crippen LogP contribution in [-0.2, 0) is 59.6 Å². The molecule has 0 N–H and O–H groups in total. The van der Waals surface area contributed by atoms with Crippen molar-refractivity contribution in [2.75, 3.05) is 19.6 Å². The van der Waals surface area contributed by atoms with Gasteiger partial charge in [0.1, 0.15) is 22.3 Å². The third kappa shape index (κ3) is 13.3. The fraction of sp³-hybridized carbons (Fsp3) is 0.348. The molecule has 730 valence electrons. The van der Waals surface area contributed by atoms with Gasteiger partial charge in [0.15, 0.2) is 0 Å². The second-order valence-electron chi connectivity index (χ2n) is 53.4. The summed E-state index contributed by atoms with van der Waals surface area (Å²) in [4.78, 5) is 10.9. The van der Waals surface area contributed by atoms with Crippen molar-refractivity contribution in [2.45, 2.75) is 307 Å². The molecule has 3 atom stereocenters. The Kier molecular flexibility index (Phi) is 19.5. The summed E-state index contributed by atoms with van der Waals surface area (Å²) in [6, 6.07) is 112. The molecule has 10 aliphatic rings. The van der Waals surface area contributed by atoms with Crippen LogP contribution in [0, 0.1) is 0 Å². The largest absolute Gasteiger partial charge is 0.456 e. The van der Waals surface area contributed by atoms with Crippen LogP contribution < -0.4 is 52.4 Å². The van der Waals surface area contributed by atoms with E-state index in [9.17, 15) is 0 Å². The summed E-state index contributed by atoms with van der Waals surface area (Å²) in [5, 5.41) is 4.61. The van der Waals surface area contributed by atoms with Crippen LogP contribution in [0.25, 0.3) is 88.4 Å². The highest BCUT2D eigenvalue weighted by Crippen LogP contribution is 2.64. The Hall–Kier alpha value is -12.8. The van der Waals surface area contributed by atoms with E-state index in [4.69, 9.17) is 8.83 Å². The van der Waals surface area contributed by atoms with E-state index < -0.39 is 0 Å². The summed E-state index contributed by atoms with van der Waals surface area (Å²) in [5.74, 6) is 0. The van der Waals surface area contributed by atoms with Gasteiger partial charge in [-0.05, 0) is 405 Å². The molecule has 0 bridgehead atoms. The number of para-hydroxylation sites is 3. The first-order valence-corrected chi connectivity index (χ1v) is 55.2. The first-order valence-electron chi connectivity index (χ1n) is 55.2. The lowest BCUT2D eigenvalue weighted by Gasteiger charge is -2.50. The number of rotatable bonds is 12. The normalized spacial score (nSPS) is 21.2. The standard InChI is InChI=1S/C138H140B2N4O2/c1-127(2,3)85-43-47-87(48-44-85)141(91-51-55-95-99-71-83(93-35-31-41-121-123(93)97-33-23-27-39-119(97)145-121)73-117-125(99)139(110(95)77-91)112-79-106-108(134(16,17)66-65-133(106,14)15)81-115(112)142(117)89-53-57-101-104(75-89)131(10,11)63-61-129(101,6)7)88-49-45-86(46-50-88)128(4,5)67-69-136(20)70-68-135(18,19)107-80-113-116(82-109(107)136)143(90-54-58-102-105(76-90)132(12,13)64-62-130(102,8)9)118-74-84(94-36-32-42-122-124(94)98-34-24-28-40-120(98)146-122)72-100-96-56-52-92(78-111(96)140(113)126(100)118)144-114-38-26-25-37-103(114)137(21)59-29-30-60-138(137,144)22/h23-28,31-58,71-82H,29-30,59-70H2,1-22H3. The lowest BCUT2D eigenvalue weighted by atomic mass is 9.36. The highest BCUT2D eigenvalue weighted by atomic mass is 16.3. The monoisotopic (exact) mass is 1910 g/mol. The Morgan fingerprint density at radius 3 is 1.23 bits per heavy atom. The van der Waals surface area contributed by atoms with Crippen LogP contribution in [0.2, 0.25) is 0 Å². The Labute approximate surface area is 867 Å². The van der Waals surface area contributed by atoms with Gasteiger partial charge in [0.2, 0.25) is 13.4 Å². The maximum atomic E-state index is 6.81. The van der Waals surface area contributed by atoms with E-state index in [0.717, 1.165) is 126 Å². The molecular formula is C138H140B2N4O2. The fourth-order valence-electron chi connectivity index (χ4n) is 30.3. The summed E-state index contributed by atoms with van der Waals surface area (Å²) in [5.41, 5.74) is 51.3. The molecule has 8 heteroatoms. The van der Waals surface area contributed by atoms with Crippen LogP contribution in [0.1, 0.15) is 303 Å². The second kappa shape index (κ2) is 31.0. The molecule has 0 spiro atoms. The van der Waals surface area contributed by atoms with Crippen LogP contribution in [-0.4, -0.2) is 19.0 Å².